The van der Waals surface area contributed by atoms with Crippen LogP contribution < -0.4 is 4.74 Å². The zero-order chi connectivity index (χ0) is 29.9. The first-order chi connectivity index (χ1) is 20.7. The van der Waals surface area contributed by atoms with Crippen molar-refractivity contribution >= 4 is 17.7 Å². The summed E-state index contributed by atoms with van der Waals surface area (Å²) in [5, 5.41) is 9.69. The minimum Gasteiger partial charge on any atom is -0.492 e. The van der Waals surface area contributed by atoms with Crippen molar-refractivity contribution in [3.05, 3.63) is 65.2 Å². The first-order valence-corrected chi connectivity index (χ1v) is 18.5. The van der Waals surface area contributed by atoms with Gasteiger partial charge in [0.1, 0.15) is 11.3 Å². The van der Waals surface area contributed by atoms with Crippen LogP contribution in [-0.2, 0) is 12.8 Å². The van der Waals surface area contributed by atoms with E-state index in [-0.39, 0.29) is 0 Å². The molecule has 3 nitrogen and oxygen atoms in total. The molecule has 2 aromatic carbocycles. The van der Waals surface area contributed by atoms with Crippen LogP contribution in [0, 0.1) is 0 Å². The number of hydrogen-bond acceptors (Lipinski definition) is 3. The van der Waals surface area contributed by atoms with E-state index in [9.17, 15) is 9.90 Å². The second-order valence-corrected chi connectivity index (χ2v) is 13.1. The largest absolute Gasteiger partial charge is 0.492 e. The van der Waals surface area contributed by atoms with Gasteiger partial charge in [0.15, 0.2) is 0 Å². The van der Waals surface area contributed by atoms with Gasteiger partial charge in [0.2, 0.25) is 0 Å². The Labute approximate surface area is 262 Å². The highest BCUT2D eigenvalue weighted by molar-refractivity contribution is 7.99. The molecule has 2 rings (SSSR count). The fourth-order valence-corrected chi connectivity index (χ4v) is 6.55. The van der Waals surface area contributed by atoms with Gasteiger partial charge in [0.05, 0.1) is 6.61 Å². The molecule has 0 bridgehead atoms. The third-order valence-corrected chi connectivity index (χ3v) is 9.31. The lowest BCUT2D eigenvalue weighted by molar-refractivity contribution is 0.0692. The van der Waals surface area contributed by atoms with Gasteiger partial charge in [0, 0.05) is 0 Å². The van der Waals surface area contributed by atoms with E-state index in [0.717, 1.165) is 37.0 Å². The fourth-order valence-electron chi connectivity index (χ4n) is 5.59. The molecule has 0 radical (unpaired) electrons. The van der Waals surface area contributed by atoms with Crippen LogP contribution in [0.5, 0.6) is 5.75 Å². The van der Waals surface area contributed by atoms with Crippen LogP contribution in [0.1, 0.15) is 150 Å². The molecule has 0 atom stereocenters. The highest BCUT2D eigenvalue weighted by atomic mass is 32.2. The van der Waals surface area contributed by atoms with Gasteiger partial charge in [-0.1, -0.05) is 146 Å². The van der Waals surface area contributed by atoms with E-state index < -0.39 is 5.97 Å². The first-order valence-electron chi connectivity index (χ1n) is 17.3. The normalized spacial score (nSPS) is 11.2. The highest BCUT2D eigenvalue weighted by Crippen LogP contribution is 2.27. The van der Waals surface area contributed by atoms with Gasteiger partial charge >= 0.3 is 5.97 Å². The van der Waals surface area contributed by atoms with Crippen LogP contribution in [0.25, 0.3) is 0 Å². The molecule has 1 N–H and O–H groups in total. The Kier molecular flexibility index (Phi) is 22.1. The van der Waals surface area contributed by atoms with Crippen molar-refractivity contribution < 1.29 is 14.6 Å². The number of carboxylic acids is 1. The highest BCUT2D eigenvalue weighted by Gasteiger charge is 2.15. The maximum Gasteiger partial charge on any atom is 0.339 e. The van der Waals surface area contributed by atoms with E-state index in [2.05, 4.69) is 37.3 Å². The predicted octanol–water partition coefficient (Wildman–Crippen LogP) is 11.7. The van der Waals surface area contributed by atoms with Gasteiger partial charge in [-0.3, -0.25) is 0 Å². The minimum absolute atomic E-state index is 0.308. The number of para-hydroxylation sites is 1. The first kappa shape index (κ1) is 36.3. The maximum atomic E-state index is 11.8. The number of unbranched alkanes of at least 4 members (excludes halogenated alkanes) is 16. The Hall–Kier alpha value is -1.94. The molecule has 4 heteroatoms. The Bertz CT molecular complexity index is 914. The average Bonchev–Trinajstić information content (AvgIpc) is 3.00. The number of carboxylic acid groups (broad SMARTS) is 1. The number of rotatable bonds is 28. The third kappa shape index (κ3) is 17.9. The van der Waals surface area contributed by atoms with Gasteiger partial charge in [-0.15, -0.1) is 0 Å². The molecule has 0 unspecified atom stereocenters. The number of thioether (sulfide) groups is 1. The quantitative estimate of drug-likeness (QED) is 0.0992. The summed E-state index contributed by atoms with van der Waals surface area (Å²) in [6, 6.07) is 16.5. The lowest BCUT2D eigenvalue weighted by Gasteiger charge is -2.14. The predicted molar refractivity (Wildman–Crippen MR) is 183 cm³/mol. The van der Waals surface area contributed by atoms with Crippen LogP contribution in [0.3, 0.4) is 0 Å². The SMILES string of the molecule is CCCCCCCCCCOc1c(CCCSCCCCCCCCCCCCc2ccccc2)cccc1C(=O)O. The van der Waals surface area contributed by atoms with E-state index >= 15 is 0 Å². The summed E-state index contributed by atoms with van der Waals surface area (Å²) in [6.07, 6.45) is 26.8. The van der Waals surface area contributed by atoms with E-state index in [0.29, 0.717) is 17.9 Å². The Balaban J connectivity index is 1.46. The van der Waals surface area contributed by atoms with Gasteiger partial charge in [0.25, 0.3) is 0 Å². The van der Waals surface area contributed by atoms with Crippen LogP contribution in [0.2, 0.25) is 0 Å². The summed E-state index contributed by atoms with van der Waals surface area (Å²) in [4.78, 5) is 11.8. The summed E-state index contributed by atoms with van der Waals surface area (Å²) in [6.45, 7) is 2.86. The molecule has 0 aliphatic carbocycles. The van der Waals surface area contributed by atoms with E-state index in [4.69, 9.17) is 4.74 Å². The molecule has 42 heavy (non-hydrogen) atoms. The second kappa shape index (κ2) is 25.5. The monoisotopic (exact) mass is 596 g/mol. The van der Waals surface area contributed by atoms with Gasteiger partial charge in [-0.05, 0) is 67.2 Å². The molecule has 0 spiro atoms. The van der Waals surface area contributed by atoms with Crippen LogP contribution in [0.4, 0.5) is 0 Å². The number of aromatic carboxylic acids is 1. The van der Waals surface area contributed by atoms with Crippen molar-refractivity contribution in [3.63, 3.8) is 0 Å². The molecular weight excluding hydrogens is 536 g/mol. The van der Waals surface area contributed by atoms with Gasteiger partial charge in [-0.25, -0.2) is 4.79 Å². The van der Waals surface area contributed by atoms with Crippen LogP contribution in [-0.4, -0.2) is 29.2 Å². The minimum atomic E-state index is -0.893. The summed E-state index contributed by atoms with van der Waals surface area (Å²) >= 11 is 2.04. The fraction of sp³-hybridized carbons (Fsp3) is 0.658. The summed E-state index contributed by atoms with van der Waals surface area (Å²) in [7, 11) is 0. The lowest BCUT2D eigenvalue weighted by atomic mass is 10.0. The van der Waals surface area contributed by atoms with Gasteiger partial charge in [-0.2, -0.15) is 11.8 Å². The van der Waals surface area contributed by atoms with Crippen molar-refractivity contribution in [3.8, 4) is 5.75 Å². The number of carbonyl (C=O) groups is 1. The zero-order valence-corrected chi connectivity index (χ0v) is 27.6. The standard InChI is InChI=1S/C38H60O3S/c1-2-3-4-5-6-12-15-21-31-41-37-35(28-23-30-36(37)38(39)40)29-24-33-42-32-22-16-13-10-8-7-9-11-14-18-25-34-26-19-17-20-27-34/h17,19-20,23,26-28,30H,2-16,18,21-22,24-25,29,31-33H2,1H3,(H,39,40). The molecule has 0 aromatic heterocycles. The number of aryl methyl sites for hydroxylation is 2. The van der Waals surface area contributed by atoms with Crippen molar-refractivity contribution in [2.75, 3.05) is 18.1 Å². The van der Waals surface area contributed by atoms with E-state index in [1.165, 1.54) is 120 Å². The Morgan fingerprint density at radius 1 is 0.619 bits per heavy atom. The Morgan fingerprint density at radius 2 is 1.19 bits per heavy atom. The summed E-state index contributed by atoms with van der Waals surface area (Å²) in [5.41, 5.74) is 2.83. The molecule has 0 aliphatic rings. The van der Waals surface area contributed by atoms with Crippen molar-refractivity contribution in [2.24, 2.45) is 0 Å². The van der Waals surface area contributed by atoms with Gasteiger partial charge < -0.3 is 9.84 Å². The number of benzene rings is 2. The number of hydrogen-bond donors (Lipinski definition) is 1. The third-order valence-electron chi connectivity index (χ3n) is 8.15. The van der Waals surface area contributed by atoms with Crippen molar-refractivity contribution in [1.82, 2.24) is 0 Å². The van der Waals surface area contributed by atoms with E-state index in [1.807, 2.05) is 23.9 Å². The molecule has 2 aromatic rings. The van der Waals surface area contributed by atoms with E-state index in [1.54, 1.807) is 6.07 Å². The van der Waals surface area contributed by atoms with Crippen molar-refractivity contribution in [2.45, 2.75) is 142 Å². The molecular formula is C38H60O3S. The zero-order valence-electron chi connectivity index (χ0n) is 26.8. The maximum absolute atomic E-state index is 11.8. The second-order valence-electron chi connectivity index (χ2n) is 11.9. The lowest BCUT2D eigenvalue weighted by Crippen LogP contribution is -2.07. The molecule has 0 saturated heterocycles. The van der Waals surface area contributed by atoms with Crippen LogP contribution in [0.15, 0.2) is 48.5 Å². The molecule has 0 fully saturated rings. The smallest absolute Gasteiger partial charge is 0.339 e. The molecule has 236 valence electrons. The average molecular weight is 597 g/mol. The molecule has 0 amide bonds. The van der Waals surface area contributed by atoms with Crippen molar-refractivity contribution in [1.29, 1.82) is 0 Å². The molecule has 0 saturated carbocycles. The van der Waals surface area contributed by atoms with Crippen LogP contribution >= 0.6 is 11.8 Å². The topological polar surface area (TPSA) is 46.5 Å². The number of ether oxygens (including phenoxy) is 1. The Morgan fingerprint density at radius 3 is 1.83 bits per heavy atom. The summed E-state index contributed by atoms with van der Waals surface area (Å²) < 4.78 is 6.08. The molecule has 0 heterocycles. The molecule has 0 aliphatic heterocycles. The summed E-state index contributed by atoms with van der Waals surface area (Å²) in [5.74, 6) is 2.07.